The van der Waals surface area contributed by atoms with E-state index in [9.17, 15) is 4.79 Å². The molecule has 1 rings (SSSR count). The number of rotatable bonds is 2. The molecule has 0 N–H and O–H groups in total. The molecular formula is C11H17NO2. The van der Waals surface area contributed by atoms with E-state index in [2.05, 4.69) is 20.8 Å². The molecule has 1 aromatic heterocycles. The van der Waals surface area contributed by atoms with E-state index in [0.717, 1.165) is 0 Å². The molecule has 0 fully saturated rings. The summed E-state index contributed by atoms with van der Waals surface area (Å²) in [5, 5.41) is 0. The Kier molecular flexibility index (Phi) is 2.99. The lowest BCUT2D eigenvalue weighted by atomic mass is 10.1. The lowest BCUT2D eigenvalue weighted by molar-refractivity contribution is 0.0526. The average Bonchev–Trinajstić information content (AvgIpc) is 2.51. The molecule has 0 aliphatic heterocycles. The van der Waals surface area contributed by atoms with Gasteiger partial charge >= 0.3 is 5.97 Å². The first-order chi connectivity index (χ1) is 6.45. The molecule has 14 heavy (non-hydrogen) atoms. The lowest BCUT2D eigenvalue weighted by Gasteiger charge is -2.20. The molecule has 0 aliphatic rings. The fourth-order valence-corrected chi connectivity index (χ4v) is 1.15. The van der Waals surface area contributed by atoms with Gasteiger partial charge in [-0.05, 0) is 33.8 Å². The van der Waals surface area contributed by atoms with Crippen molar-refractivity contribution in [3.05, 3.63) is 24.0 Å². The van der Waals surface area contributed by atoms with E-state index in [1.54, 1.807) is 13.0 Å². The van der Waals surface area contributed by atoms with Crippen molar-refractivity contribution in [2.75, 3.05) is 6.61 Å². The average molecular weight is 195 g/mol. The maximum atomic E-state index is 11.3. The first-order valence-corrected chi connectivity index (χ1v) is 4.80. The smallest absolute Gasteiger partial charge is 0.339 e. The normalized spacial score (nSPS) is 11.4. The van der Waals surface area contributed by atoms with E-state index >= 15 is 0 Å². The van der Waals surface area contributed by atoms with Crippen molar-refractivity contribution < 1.29 is 9.53 Å². The van der Waals surface area contributed by atoms with Crippen molar-refractivity contribution in [2.45, 2.75) is 33.2 Å². The zero-order valence-electron chi connectivity index (χ0n) is 9.20. The fourth-order valence-electron chi connectivity index (χ4n) is 1.15. The van der Waals surface area contributed by atoms with Gasteiger partial charge < -0.3 is 9.30 Å². The van der Waals surface area contributed by atoms with Crippen molar-refractivity contribution >= 4 is 5.97 Å². The Hall–Kier alpha value is -1.25. The van der Waals surface area contributed by atoms with Crippen LogP contribution >= 0.6 is 0 Å². The summed E-state index contributed by atoms with van der Waals surface area (Å²) in [6.45, 7) is 8.48. The molecule has 3 heteroatoms. The Balaban J connectivity index is 2.83. The van der Waals surface area contributed by atoms with Crippen LogP contribution in [0.2, 0.25) is 0 Å². The van der Waals surface area contributed by atoms with Gasteiger partial charge in [-0.25, -0.2) is 4.79 Å². The summed E-state index contributed by atoms with van der Waals surface area (Å²) in [6, 6.07) is 1.78. The molecular weight excluding hydrogens is 178 g/mol. The third-order valence-electron chi connectivity index (χ3n) is 1.98. The Morgan fingerprint density at radius 2 is 2.14 bits per heavy atom. The highest BCUT2D eigenvalue weighted by atomic mass is 16.5. The Labute approximate surface area is 84.7 Å². The summed E-state index contributed by atoms with van der Waals surface area (Å²) in [5.41, 5.74) is 0.617. The molecule has 0 aromatic carbocycles. The van der Waals surface area contributed by atoms with Crippen molar-refractivity contribution in [2.24, 2.45) is 0 Å². The molecule has 0 saturated carbocycles. The number of ether oxygens (including phenoxy) is 1. The fraction of sp³-hybridized carbons (Fsp3) is 0.545. The third-order valence-corrected chi connectivity index (χ3v) is 1.98. The van der Waals surface area contributed by atoms with E-state index in [-0.39, 0.29) is 11.5 Å². The SMILES string of the molecule is CCOC(=O)c1ccn(C(C)(C)C)c1. The van der Waals surface area contributed by atoms with E-state index in [1.165, 1.54) is 0 Å². The second-order valence-corrected chi connectivity index (χ2v) is 4.20. The van der Waals surface area contributed by atoms with Gasteiger partial charge in [0.1, 0.15) is 0 Å². The number of carbonyl (C=O) groups is 1. The van der Waals surface area contributed by atoms with Gasteiger partial charge in [0.25, 0.3) is 0 Å². The maximum Gasteiger partial charge on any atom is 0.339 e. The molecule has 0 aliphatic carbocycles. The van der Waals surface area contributed by atoms with E-state index < -0.39 is 0 Å². The zero-order chi connectivity index (χ0) is 10.8. The second kappa shape index (κ2) is 3.86. The monoisotopic (exact) mass is 195 g/mol. The van der Waals surface area contributed by atoms with Crippen molar-refractivity contribution in [1.82, 2.24) is 4.57 Å². The van der Waals surface area contributed by atoms with Crippen LogP contribution in [0.25, 0.3) is 0 Å². The lowest BCUT2D eigenvalue weighted by Crippen LogP contribution is -2.19. The predicted octanol–water partition coefficient (Wildman–Crippen LogP) is 2.42. The molecule has 3 nitrogen and oxygen atoms in total. The molecule has 0 atom stereocenters. The minimum atomic E-state index is -0.254. The summed E-state index contributed by atoms with van der Waals surface area (Å²) >= 11 is 0. The Morgan fingerprint density at radius 3 is 2.57 bits per heavy atom. The number of hydrogen-bond acceptors (Lipinski definition) is 2. The molecule has 0 radical (unpaired) electrons. The number of esters is 1. The standard InChI is InChI=1S/C11H17NO2/c1-5-14-10(13)9-6-7-12(8-9)11(2,3)4/h6-8H,5H2,1-4H3. The van der Waals surface area contributed by atoms with Gasteiger partial charge in [0.2, 0.25) is 0 Å². The van der Waals surface area contributed by atoms with E-state index in [1.807, 2.05) is 17.0 Å². The minimum Gasteiger partial charge on any atom is -0.462 e. The summed E-state index contributed by atoms with van der Waals surface area (Å²) in [5.74, 6) is -0.254. The van der Waals surface area contributed by atoms with Crippen molar-refractivity contribution in [1.29, 1.82) is 0 Å². The maximum absolute atomic E-state index is 11.3. The molecule has 1 aromatic rings. The van der Waals surface area contributed by atoms with Crippen LogP contribution in [-0.4, -0.2) is 17.1 Å². The quantitative estimate of drug-likeness (QED) is 0.678. The van der Waals surface area contributed by atoms with Gasteiger partial charge in [-0.3, -0.25) is 0 Å². The van der Waals surface area contributed by atoms with Gasteiger partial charge in [-0.1, -0.05) is 0 Å². The predicted molar refractivity (Wildman–Crippen MR) is 55.4 cm³/mol. The zero-order valence-corrected chi connectivity index (χ0v) is 9.20. The molecule has 0 spiro atoms. The molecule has 0 saturated heterocycles. The van der Waals surface area contributed by atoms with Crippen LogP contribution in [0.15, 0.2) is 18.5 Å². The van der Waals surface area contributed by atoms with Crippen LogP contribution in [0.1, 0.15) is 38.1 Å². The number of hydrogen-bond donors (Lipinski definition) is 0. The highest BCUT2D eigenvalue weighted by Gasteiger charge is 2.15. The number of nitrogens with zero attached hydrogens (tertiary/aromatic N) is 1. The summed E-state index contributed by atoms with van der Waals surface area (Å²) < 4.78 is 6.90. The molecule has 0 bridgehead atoms. The van der Waals surface area contributed by atoms with Gasteiger partial charge in [0, 0.05) is 17.9 Å². The summed E-state index contributed by atoms with van der Waals surface area (Å²) in [7, 11) is 0. The van der Waals surface area contributed by atoms with Gasteiger partial charge in [-0.2, -0.15) is 0 Å². The Bertz CT molecular complexity index is 320. The number of carbonyl (C=O) groups excluding carboxylic acids is 1. The molecule has 0 amide bonds. The summed E-state index contributed by atoms with van der Waals surface area (Å²) in [4.78, 5) is 11.3. The second-order valence-electron chi connectivity index (χ2n) is 4.20. The number of aromatic nitrogens is 1. The van der Waals surface area contributed by atoms with Crippen LogP contribution in [0.5, 0.6) is 0 Å². The van der Waals surface area contributed by atoms with Crippen LogP contribution in [0.4, 0.5) is 0 Å². The first kappa shape index (κ1) is 10.8. The first-order valence-electron chi connectivity index (χ1n) is 4.80. The summed E-state index contributed by atoms with van der Waals surface area (Å²) in [6.07, 6.45) is 3.71. The Morgan fingerprint density at radius 1 is 1.50 bits per heavy atom. The third kappa shape index (κ3) is 2.37. The molecule has 0 unspecified atom stereocenters. The van der Waals surface area contributed by atoms with Crippen LogP contribution in [0, 0.1) is 0 Å². The van der Waals surface area contributed by atoms with Crippen molar-refractivity contribution in [3.63, 3.8) is 0 Å². The molecule has 78 valence electrons. The molecule has 1 heterocycles. The highest BCUT2D eigenvalue weighted by Crippen LogP contribution is 2.15. The van der Waals surface area contributed by atoms with E-state index in [0.29, 0.717) is 12.2 Å². The minimum absolute atomic E-state index is 0.00471. The van der Waals surface area contributed by atoms with Gasteiger partial charge in [0.05, 0.1) is 12.2 Å². The highest BCUT2D eigenvalue weighted by molar-refractivity contribution is 5.89. The van der Waals surface area contributed by atoms with Crippen LogP contribution in [-0.2, 0) is 10.3 Å². The topological polar surface area (TPSA) is 31.2 Å². The van der Waals surface area contributed by atoms with Gasteiger partial charge in [0.15, 0.2) is 0 Å². The van der Waals surface area contributed by atoms with Crippen molar-refractivity contribution in [3.8, 4) is 0 Å². The van der Waals surface area contributed by atoms with Crippen LogP contribution in [0.3, 0.4) is 0 Å². The van der Waals surface area contributed by atoms with Gasteiger partial charge in [-0.15, -0.1) is 0 Å². The van der Waals surface area contributed by atoms with E-state index in [4.69, 9.17) is 4.74 Å². The largest absolute Gasteiger partial charge is 0.462 e. The van der Waals surface area contributed by atoms with Crippen LogP contribution < -0.4 is 0 Å².